The maximum atomic E-state index is 11.7. The first-order chi connectivity index (χ1) is 7.15. The number of carbonyl (C=O) groups is 1. The number of aliphatic hydroxyl groups is 1. The van der Waals surface area contributed by atoms with Crippen LogP contribution in [0.3, 0.4) is 0 Å². The molecule has 1 heterocycles. The number of aliphatic hydroxyl groups excluding tert-OH is 1. The minimum Gasteiger partial charge on any atom is -0.394 e. The van der Waals surface area contributed by atoms with Crippen molar-refractivity contribution in [3.63, 3.8) is 0 Å². The van der Waals surface area contributed by atoms with Gasteiger partial charge in [-0.1, -0.05) is 11.6 Å². The maximum absolute atomic E-state index is 11.7. The minimum absolute atomic E-state index is 0.00677. The standard InChI is InChI=1S/C10H13ClN2O2/c11-7-4-8(12-5-7)9(15)13-10(6-14)2-1-3-10/h4-5,12,14H,1-3,6H2,(H,13,15). The van der Waals surface area contributed by atoms with Crippen LogP contribution >= 0.6 is 11.6 Å². The van der Waals surface area contributed by atoms with E-state index in [9.17, 15) is 9.90 Å². The Kier molecular flexibility index (Phi) is 2.71. The zero-order chi connectivity index (χ0) is 10.9. The molecule has 0 unspecified atom stereocenters. The van der Waals surface area contributed by atoms with Crippen molar-refractivity contribution in [1.82, 2.24) is 10.3 Å². The molecule has 2 rings (SSSR count). The van der Waals surface area contributed by atoms with E-state index in [0.29, 0.717) is 10.7 Å². The number of hydrogen-bond acceptors (Lipinski definition) is 2. The molecular formula is C10H13ClN2O2. The van der Waals surface area contributed by atoms with Crippen molar-refractivity contribution in [2.24, 2.45) is 0 Å². The van der Waals surface area contributed by atoms with Gasteiger partial charge in [0.05, 0.1) is 17.2 Å². The van der Waals surface area contributed by atoms with Gasteiger partial charge in [0.25, 0.3) is 5.91 Å². The average molecular weight is 229 g/mol. The predicted molar refractivity (Wildman–Crippen MR) is 56.9 cm³/mol. The first-order valence-corrected chi connectivity index (χ1v) is 5.30. The van der Waals surface area contributed by atoms with Crippen molar-refractivity contribution in [2.75, 3.05) is 6.61 Å². The Labute approximate surface area is 92.6 Å². The number of carbonyl (C=O) groups excluding carboxylic acids is 1. The summed E-state index contributed by atoms with van der Waals surface area (Å²) in [5, 5.41) is 12.5. The lowest BCUT2D eigenvalue weighted by Gasteiger charge is -2.40. The van der Waals surface area contributed by atoms with Crippen LogP contribution in [0.4, 0.5) is 0 Å². The fourth-order valence-corrected chi connectivity index (χ4v) is 1.90. The van der Waals surface area contributed by atoms with Crippen molar-refractivity contribution < 1.29 is 9.90 Å². The van der Waals surface area contributed by atoms with Crippen molar-refractivity contribution in [3.8, 4) is 0 Å². The maximum Gasteiger partial charge on any atom is 0.268 e. The number of hydrogen-bond donors (Lipinski definition) is 3. The van der Waals surface area contributed by atoms with Gasteiger partial charge in [-0.15, -0.1) is 0 Å². The van der Waals surface area contributed by atoms with Crippen LogP contribution in [0, 0.1) is 0 Å². The van der Waals surface area contributed by atoms with Crippen LogP contribution in [0.1, 0.15) is 29.8 Å². The molecule has 4 nitrogen and oxygen atoms in total. The molecule has 1 amide bonds. The zero-order valence-electron chi connectivity index (χ0n) is 8.22. The smallest absolute Gasteiger partial charge is 0.268 e. The molecule has 3 N–H and O–H groups in total. The third kappa shape index (κ3) is 2.01. The highest BCUT2D eigenvalue weighted by molar-refractivity contribution is 6.30. The number of amides is 1. The summed E-state index contributed by atoms with van der Waals surface area (Å²) in [6, 6.07) is 1.57. The van der Waals surface area contributed by atoms with E-state index >= 15 is 0 Å². The molecule has 0 spiro atoms. The molecule has 1 fully saturated rings. The Morgan fingerprint density at radius 1 is 1.67 bits per heavy atom. The van der Waals surface area contributed by atoms with Crippen LogP contribution in [0.2, 0.25) is 5.02 Å². The first kappa shape index (κ1) is 10.5. The highest BCUT2D eigenvalue weighted by atomic mass is 35.5. The number of nitrogens with one attached hydrogen (secondary N) is 2. The third-order valence-electron chi connectivity index (χ3n) is 2.88. The lowest BCUT2D eigenvalue weighted by Crippen LogP contribution is -2.56. The second-order valence-corrected chi connectivity index (χ2v) is 4.41. The van der Waals surface area contributed by atoms with E-state index in [0.717, 1.165) is 19.3 Å². The van der Waals surface area contributed by atoms with E-state index in [1.165, 1.54) is 0 Å². The molecule has 5 heteroatoms. The third-order valence-corrected chi connectivity index (χ3v) is 3.10. The largest absolute Gasteiger partial charge is 0.394 e. The van der Waals surface area contributed by atoms with Crippen molar-refractivity contribution >= 4 is 17.5 Å². The van der Waals surface area contributed by atoms with Gasteiger partial charge in [-0.25, -0.2) is 0 Å². The fraction of sp³-hybridized carbons (Fsp3) is 0.500. The number of H-pyrrole nitrogens is 1. The van der Waals surface area contributed by atoms with Gasteiger partial charge < -0.3 is 15.4 Å². The number of aromatic nitrogens is 1. The summed E-state index contributed by atoms with van der Waals surface area (Å²) >= 11 is 5.70. The average Bonchev–Trinajstić information content (AvgIpc) is 2.58. The molecule has 1 aromatic heterocycles. The van der Waals surface area contributed by atoms with Gasteiger partial charge in [-0.05, 0) is 25.3 Å². The lowest BCUT2D eigenvalue weighted by molar-refractivity contribution is 0.0638. The van der Waals surface area contributed by atoms with Crippen molar-refractivity contribution in [3.05, 3.63) is 23.0 Å². The molecule has 1 saturated carbocycles. The van der Waals surface area contributed by atoms with E-state index in [4.69, 9.17) is 11.6 Å². The summed E-state index contributed by atoms with van der Waals surface area (Å²) < 4.78 is 0. The SMILES string of the molecule is O=C(NC1(CO)CCC1)c1cc(Cl)c[nH]1. The molecule has 0 atom stereocenters. The monoisotopic (exact) mass is 228 g/mol. The van der Waals surface area contributed by atoms with Gasteiger partial charge in [-0.3, -0.25) is 4.79 Å². The molecule has 0 saturated heterocycles. The first-order valence-electron chi connectivity index (χ1n) is 4.92. The Balaban J connectivity index is 2.03. The summed E-state index contributed by atoms with van der Waals surface area (Å²) in [4.78, 5) is 14.5. The Morgan fingerprint density at radius 2 is 2.40 bits per heavy atom. The molecular weight excluding hydrogens is 216 g/mol. The predicted octanol–water partition coefficient (Wildman–Crippen LogP) is 1.31. The molecule has 0 aliphatic heterocycles. The highest BCUT2D eigenvalue weighted by Crippen LogP contribution is 2.31. The van der Waals surface area contributed by atoms with Gasteiger partial charge >= 0.3 is 0 Å². The van der Waals surface area contributed by atoms with Crippen LogP contribution < -0.4 is 5.32 Å². The van der Waals surface area contributed by atoms with E-state index in [-0.39, 0.29) is 12.5 Å². The summed E-state index contributed by atoms with van der Waals surface area (Å²) in [6.07, 6.45) is 4.28. The zero-order valence-corrected chi connectivity index (χ0v) is 8.97. The van der Waals surface area contributed by atoms with Gasteiger partial charge in [-0.2, -0.15) is 0 Å². The number of aromatic amines is 1. The molecule has 0 aromatic carbocycles. The quantitative estimate of drug-likeness (QED) is 0.731. The lowest BCUT2D eigenvalue weighted by atomic mass is 9.77. The summed E-state index contributed by atoms with van der Waals surface area (Å²) in [5.74, 6) is -0.212. The van der Waals surface area contributed by atoms with Crippen molar-refractivity contribution in [1.29, 1.82) is 0 Å². The Morgan fingerprint density at radius 3 is 2.80 bits per heavy atom. The van der Waals surface area contributed by atoms with Crippen LogP contribution in [-0.2, 0) is 0 Å². The molecule has 0 bridgehead atoms. The van der Waals surface area contributed by atoms with Crippen molar-refractivity contribution in [2.45, 2.75) is 24.8 Å². The molecule has 15 heavy (non-hydrogen) atoms. The van der Waals surface area contributed by atoms with Crippen LogP contribution in [0.25, 0.3) is 0 Å². The fourth-order valence-electron chi connectivity index (χ4n) is 1.73. The van der Waals surface area contributed by atoms with E-state index in [1.54, 1.807) is 12.3 Å². The van der Waals surface area contributed by atoms with Gasteiger partial charge in [0.15, 0.2) is 0 Å². The summed E-state index contributed by atoms with van der Waals surface area (Å²) in [7, 11) is 0. The van der Waals surface area contributed by atoms with Gasteiger partial charge in [0.1, 0.15) is 5.69 Å². The second kappa shape index (κ2) is 3.87. The van der Waals surface area contributed by atoms with Crippen LogP contribution in [-0.4, -0.2) is 28.1 Å². The number of rotatable bonds is 3. The topological polar surface area (TPSA) is 65.1 Å². The molecule has 1 aromatic rings. The Bertz CT molecular complexity index is 366. The summed E-state index contributed by atoms with van der Waals surface area (Å²) in [5.41, 5.74) is 0.0222. The van der Waals surface area contributed by atoms with E-state index < -0.39 is 5.54 Å². The number of halogens is 1. The van der Waals surface area contributed by atoms with Crippen LogP contribution in [0.5, 0.6) is 0 Å². The van der Waals surface area contributed by atoms with Gasteiger partial charge in [0, 0.05) is 6.20 Å². The van der Waals surface area contributed by atoms with Gasteiger partial charge in [0.2, 0.25) is 0 Å². The molecule has 82 valence electrons. The highest BCUT2D eigenvalue weighted by Gasteiger charge is 2.38. The normalized spacial score (nSPS) is 18.3. The minimum atomic E-state index is -0.408. The second-order valence-electron chi connectivity index (χ2n) is 3.98. The van der Waals surface area contributed by atoms with Crippen LogP contribution in [0.15, 0.2) is 12.3 Å². The van der Waals surface area contributed by atoms with E-state index in [2.05, 4.69) is 10.3 Å². The van der Waals surface area contributed by atoms with E-state index in [1.807, 2.05) is 0 Å². The summed E-state index contributed by atoms with van der Waals surface area (Å²) in [6.45, 7) is -0.00677. The molecule has 1 aliphatic rings. The Hall–Kier alpha value is -1.00. The molecule has 0 radical (unpaired) electrons. The molecule has 1 aliphatic carbocycles.